The molecule has 0 aliphatic carbocycles. The number of rotatable bonds is 10. The minimum Gasteiger partial charge on any atom is -0.382 e. The number of aryl methyl sites for hydroxylation is 1. The molecule has 6 nitrogen and oxygen atoms in total. The number of nitrogens with one attached hydrogen (secondary N) is 1. The van der Waals surface area contributed by atoms with Crippen LogP contribution in [0.3, 0.4) is 0 Å². The molecule has 1 N–H and O–H groups in total. The molecular formula is C13H22ClN3O3. The third-order valence-electron chi connectivity index (χ3n) is 2.70. The van der Waals surface area contributed by atoms with Gasteiger partial charge in [0.05, 0.1) is 31.7 Å². The highest BCUT2D eigenvalue weighted by Gasteiger charge is 2.08. The van der Waals surface area contributed by atoms with Crippen LogP contribution < -0.4 is 10.9 Å². The van der Waals surface area contributed by atoms with Crippen molar-refractivity contribution in [2.75, 3.05) is 38.8 Å². The second-order valence-corrected chi connectivity index (χ2v) is 4.66. The zero-order chi connectivity index (χ0) is 14.8. The first kappa shape index (κ1) is 16.9. The summed E-state index contributed by atoms with van der Waals surface area (Å²) in [4.78, 5) is 12.0. The van der Waals surface area contributed by atoms with Crippen LogP contribution in [-0.2, 0) is 16.0 Å². The number of hydrogen-bond acceptors (Lipinski definition) is 5. The van der Waals surface area contributed by atoms with Gasteiger partial charge in [-0.1, -0.05) is 24.9 Å². The van der Waals surface area contributed by atoms with Crippen molar-refractivity contribution in [3.05, 3.63) is 21.6 Å². The monoisotopic (exact) mass is 303 g/mol. The highest BCUT2D eigenvalue weighted by atomic mass is 35.5. The number of ether oxygens (including phenoxy) is 2. The lowest BCUT2D eigenvalue weighted by Gasteiger charge is -2.10. The Kier molecular flexibility index (Phi) is 8.25. The van der Waals surface area contributed by atoms with E-state index in [9.17, 15) is 4.79 Å². The van der Waals surface area contributed by atoms with E-state index in [2.05, 4.69) is 17.3 Å². The van der Waals surface area contributed by atoms with Crippen LogP contribution in [0.5, 0.6) is 0 Å². The van der Waals surface area contributed by atoms with Gasteiger partial charge in [0, 0.05) is 20.2 Å². The Morgan fingerprint density at radius 3 is 2.90 bits per heavy atom. The standard InChI is InChI=1S/C13H22ClN3O3/c1-3-4-6-17-13(18)12(14)11(10-16-17)15-5-7-20-9-8-19-2/h10,15H,3-9H2,1-2H3. The fourth-order valence-corrected chi connectivity index (χ4v) is 1.77. The van der Waals surface area contributed by atoms with Crippen LogP contribution in [0.15, 0.2) is 11.0 Å². The summed E-state index contributed by atoms with van der Waals surface area (Å²) in [6.07, 6.45) is 3.49. The fraction of sp³-hybridized carbons (Fsp3) is 0.692. The average Bonchev–Trinajstić information content (AvgIpc) is 2.46. The lowest BCUT2D eigenvalue weighted by Crippen LogP contribution is -2.25. The molecule has 0 radical (unpaired) electrons. The van der Waals surface area contributed by atoms with Crippen molar-refractivity contribution in [3.63, 3.8) is 0 Å². The maximum Gasteiger partial charge on any atom is 0.287 e. The molecule has 114 valence electrons. The number of halogens is 1. The normalized spacial score (nSPS) is 10.8. The zero-order valence-corrected chi connectivity index (χ0v) is 12.8. The number of anilines is 1. The van der Waals surface area contributed by atoms with Gasteiger partial charge >= 0.3 is 0 Å². The van der Waals surface area contributed by atoms with Crippen molar-refractivity contribution in [2.45, 2.75) is 26.3 Å². The van der Waals surface area contributed by atoms with E-state index in [1.165, 1.54) is 4.68 Å². The molecule has 1 aromatic heterocycles. The Bertz CT molecular complexity index is 451. The highest BCUT2D eigenvalue weighted by molar-refractivity contribution is 6.32. The average molecular weight is 304 g/mol. The molecule has 0 spiro atoms. The molecule has 0 aromatic carbocycles. The number of unbranched alkanes of at least 4 members (excludes halogenated alkanes) is 1. The van der Waals surface area contributed by atoms with Gasteiger partial charge < -0.3 is 14.8 Å². The highest BCUT2D eigenvalue weighted by Crippen LogP contribution is 2.14. The van der Waals surface area contributed by atoms with E-state index in [1.54, 1.807) is 13.3 Å². The first-order valence-corrected chi connectivity index (χ1v) is 7.14. The van der Waals surface area contributed by atoms with Gasteiger partial charge in [-0.25, -0.2) is 4.68 Å². The molecule has 0 saturated heterocycles. The largest absolute Gasteiger partial charge is 0.382 e. The van der Waals surface area contributed by atoms with Crippen LogP contribution in [-0.4, -0.2) is 43.3 Å². The fourth-order valence-electron chi connectivity index (χ4n) is 1.56. The van der Waals surface area contributed by atoms with Crippen LogP contribution in [0.1, 0.15) is 19.8 Å². The van der Waals surface area contributed by atoms with E-state index in [4.69, 9.17) is 21.1 Å². The zero-order valence-electron chi connectivity index (χ0n) is 12.0. The molecule has 0 aliphatic rings. The van der Waals surface area contributed by atoms with Gasteiger partial charge in [0.25, 0.3) is 5.56 Å². The minimum atomic E-state index is -0.259. The molecule has 0 unspecified atom stereocenters. The van der Waals surface area contributed by atoms with E-state index in [0.717, 1.165) is 12.8 Å². The summed E-state index contributed by atoms with van der Waals surface area (Å²) in [5, 5.41) is 7.32. The predicted octanol–water partition coefficient (Wildman–Crippen LogP) is 1.77. The molecule has 0 atom stereocenters. The first-order valence-electron chi connectivity index (χ1n) is 6.76. The van der Waals surface area contributed by atoms with Crippen molar-refractivity contribution >= 4 is 17.3 Å². The van der Waals surface area contributed by atoms with E-state index in [-0.39, 0.29) is 10.6 Å². The molecule has 0 fully saturated rings. The lowest BCUT2D eigenvalue weighted by atomic mass is 10.3. The van der Waals surface area contributed by atoms with Crippen LogP contribution in [0.4, 0.5) is 5.69 Å². The van der Waals surface area contributed by atoms with Gasteiger partial charge in [0.1, 0.15) is 5.02 Å². The molecular weight excluding hydrogens is 282 g/mol. The summed E-state index contributed by atoms with van der Waals surface area (Å²) < 4.78 is 11.6. The van der Waals surface area contributed by atoms with Crippen LogP contribution in [0.2, 0.25) is 5.02 Å². The molecule has 1 aromatic rings. The summed E-state index contributed by atoms with van der Waals surface area (Å²) in [5.74, 6) is 0. The van der Waals surface area contributed by atoms with E-state index < -0.39 is 0 Å². The van der Waals surface area contributed by atoms with E-state index in [0.29, 0.717) is 38.6 Å². The third-order valence-corrected chi connectivity index (χ3v) is 3.07. The smallest absolute Gasteiger partial charge is 0.287 e. The van der Waals surface area contributed by atoms with Crippen molar-refractivity contribution in [1.29, 1.82) is 0 Å². The van der Waals surface area contributed by atoms with Gasteiger partial charge in [0.2, 0.25) is 0 Å². The Labute approximate surface area is 124 Å². The van der Waals surface area contributed by atoms with E-state index in [1.807, 2.05) is 0 Å². The SMILES string of the molecule is CCCCn1ncc(NCCOCCOC)c(Cl)c1=O. The summed E-state index contributed by atoms with van der Waals surface area (Å²) in [7, 11) is 1.63. The molecule has 0 amide bonds. The van der Waals surface area contributed by atoms with E-state index >= 15 is 0 Å². The summed E-state index contributed by atoms with van der Waals surface area (Å²) in [6.45, 7) is 4.84. The quantitative estimate of drug-likeness (QED) is 0.667. The van der Waals surface area contributed by atoms with Crippen molar-refractivity contribution in [2.24, 2.45) is 0 Å². The molecule has 0 bridgehead atoms. The second kappa shape index (κ2) is 9.74. The number of nitrogens with zero attached hydrogens (tertiary/aromatic N) is 2. The predicted molar refractivity (Wildman–Crippen MR) is 79.6 cm³/mol. The van der Waals surface area contributed by atoms with Crippen LogP contribution in [0, 0.1) is 0 Å². The Balaban J connectivity index is 2.47. The lowest BCUT2D eigenvalue weighted by molar-refractivity contribution is 0.0759. The van der Waals surface area contributed by atoms with Gasteiger partial charge in [-0.3, -0.25) is 4.79 Å². The number of aromatic nitrogens is 2. The summed E-state index contributed by atoms with van der Waals surface area (Å²) in [5.41, 5.74) is 0.283. The van der Waals surface area contributed by atoms with Crippen molar-refractivity contribution < 1.29 is 9.47 Å². The molecule has 1 heterocycles. The maximum absolute atomic E-state index is 12.0. The molecule has 0 aliphatic heterocycles. The van der Waals surface area contributed by atoms with Crippen molar-refractivity contribution in [1.82, 2.24) is 9.78 Å². The van der Waals surface area contributed by atoms with Gasteiger partial charge in [0.15, 0.2) is 0 Å². The second-order valence-electron chi connectivity index (χ2n) is 4.29. The van der Waals surface area contributed by atoms with Crippen LogP contribution in [0.25, 0.3) is 0 Å². The van der Waals surface area contributed by atoms with Crippen LogP contribution >= 0.6 is 11.6 Å². The minimum absolute atomic E-state index is 0.174. The maximum atomic E-state index is 12.0. The van der Waals surface area contributed by atoms with Gasteiger partial charge in [-0.05, 0) is 6.42 Å². The summed E-state index contributed by atoms with van der Waals surface area (Å²) in [6, 6.07) is 0. The number of hydrogen-bond donors (Lipinski definition) is 1. The van der Waals surface area contributed by atoms with Crippen molar-refractivity contribution in [3.8, 4) is 0 Å². The van der Waals surface area contributed by atoms with Gasteiger partial charge in [-0.15, -0.1) is 0 Å². The Morgan fingerprint density at radius 1 is 1.40 bits per heavy atom. The topological polar surface area (TPSA) is 65.4 Å². The third kappa shape index (κ3) is 5.48. The van der Waals surface area contributed by atoms with Gasteiger partial charge in [-0.2, -0.15) is 5.10 Å². The first-order chi connectivity index (χ1) is 9.70. The molecule has 20 heavy (non-hydrogen) atoms. The molecule has 1 rings (SSSR count). The Hall–Kier alpha value is -1.11. The number of methoxy groups -OCH3 is 1. The molecule has 7 heteroatoms. The summed E-state index contributed by atoms with van der Waals surface area (Å²) >= 11 is 6.04. The Morgan fingerprint density at radius 2 is 2.20 bits per heavy atom. The molecule has 0 saturated carbocycles.